The van der Waals surface area contributed by atoms with Crippen LogP contribution in [0.1, 0.15) is 186 Å². The van der Waals surface area contributed by atoms with E-state index in [1.54, 1.807) is 0 Å². The van der Waals surface area contributed by atoms with Gasteiger partial charge in [-0.2, -0.15) is 5.26 Å². The summed E-state index contributed by atoms with van der Waals surface area (Å²) in [6.45, 7) is 41.9. The van der Waals surface area contributed by atoms with E-state index in [9.17, 15) is 5.26 Å². The SMILES string of the molecule is CC(C)(C)c1cc(C2c3c(ccc4c3c3ccccc3n4-c3cc(C#N)cc(-n4c5ccc(C(C)(C)C)cc5c5cc(C(C)(C)C)ccc54)c3)-c3ccc4c(c32)c2ccccc2n4-c2cc(C(C)(C)C)cc(C(C)(C)C)c2)cc(C(C)(C)C)c1. The topological polar surface area (TPSA) is 38.6 Å². The fourth-order valence-corrected chi connectivity index (χ4v) is 13.7. The van der Waals surface area contributed by atoms with Crippen LogP contribution in [0, 0.1) is 11.3 Å². The Bertz CT molecular complexity index is 4640. The lowest BCUT2D eigenvalue weighted by molar-refractivity contribution is 0.566. The van der Waals surface area contributed by atoms with Gasteiger partial charge in [-0.1, -0.05) is 210 Å². The molecule has 0 spiro atoms. The standard InChI is InChI=1S/C80H82N4/c1-75(2,3)49-27-31-66-62(43-49)63-44-50(76(4,5)6)28-32-67(63)82(66)55-35-47(46-81)36-56(45-55)83-64-25-21-19-23-60(64)71-68(83)33-29-58-59-30-34-69-72(74(59)70(73(58)71)48-37-51(77(7,8)9)39-52(38-48)78(10,11)12)61-24-20-22-26-65(61)84(69)57-41-53(79(13,14)15)40-54(42-57)80(16,17)18/h19-45,70H,1-18H3. The molecule has 4 heteroatoms. The highest BCUT2D eigenvalue weighted by atomic mass is 15.0. The van der Waals surface area contributed by atoms with E-state index in [4.69, 9.17) is 0 Å². The Kier molecular flexibility index (Phi) is 12.1. The normalized spacial score (nSPS) is 14.4. The minimum Gasteiger partial charge on any atom is -0.309 e. The fourth-order valence-electron chi connectivity index (χ4n) is 13.7. The summed E-state index contributed by atoms with van der Waals surface area (Å²) in [6, 6.07) is 65.8. The van der Waals surface area contributed by atoms with Gasteiger partial charge in [0.1, 0.15) is 0 Å². The third-order valence-corrected chi connectivity index (χ3v) is 18.6. The van der Waals surface area contributed by atoms with Crippen molar-refractivity contribution in [2.45, 2.75) is 163 Å². The third-order valence-electron chi connectivity index (χ3n) is 18.6. The monoisotopic (exact) mass is 1100 g/mol. The van der Waals surface area contributed by atoms with Gasteiger partial charge in [0.05, 0.1) is 44.7 Å². The van der Waals surface area contributed by atoms with Crippen molar-refractivity contribution in [3.63, 3.8) is 0 Å². The molecule has 0 radical (unpaired) electrons. The number of nitrogens with zero attached hydrogens (tertiary/aromatic N) is 4. The van der Waals surface area contributed by atoms with Crippen molar-refractivity contribution in [3.05, 3.63) is 219 Å². The number of aromatic nitrogens is 3. The van der Waals surface area contributed by atoms with Crippen LogP contribution in [0.3, 0.4) is 0 Å². The van der Waals surface area contributed by atoms with Crippen molar-refractivity contribution in [1.82, 2.24) is 13.7 Å². The van der Waals surface area contributed by atoms with Gasteiger partial charge in [0.15, 0.2) is 0 Å². The van der Waals surface area contributed by atoms with E-state index < -0.39 is 0 Å². The van der Waals surface area contributed by atoms with Crippen molar-refractivity contribution in [3.8, 4) is 34.3 Å². The van der Waals surface area contributed by atoms with Crippen LogP contribution < -0.4 is 0 Å². The van der Waals surface area contributed by atoms with Gasteiger partial charge in [0, 0.05) is 55.3 Å². The zero-order valence-corrected chi connectivity index (χ0v) is 53.0. The average Bonchev–Trinajstić information content (AvgIpc) is 1.55. The highest BCUT2D eigenvalue weighted by molar-refractivity contribution is 6.19. The van der Waals surface area contributed by atoms with Gasteiger partial charge in [-0.25, -0.2) is 0 Å². The lowest BCUT2D eigenvalue weighted by Gasteiger charge is -2.28. The first-order valence-electron chi connectivity index (χ1n) is 30.5. The van der Waals surface area contributed by atoms with Gasteiger partial charge in [0.2, 0.25) is 0 Å². The summed E-state index contributed by atoms with van der Waals surface area (Å²) in [5, 5.41) is 18.6. The van der Waals surface area contributed by atoms with Gasteiger partial charge in [0.25, 0.3) is 0 Å². The van der Waals surface area contributed by atoms with Crippen LogP contribution in [0.25, 0.3) is 93.6 Å². The molecule has 9 aromatic carbocycles. The second kappa shape index (κ2) is 18.4. The molecule has 1 aliphatic rings. The highest BCUT2D eigenvalue weighted by Crippen LogP contribution is 2.57. The summed E-state index contributed by atoms with van der Waals surface area (Å²) in [5.41, 5.74) is 24.8. The molecule has 84 heavy (non-hydrogen) atoms. The van der Waals surface area contributed by atoms with Crippen molar-refractivity contribution in [2.24, 2.45) is 0 Å². The third kappa shape index (κ3) is 8.74. The quantitative estimate of drug-likeness (QED) is 0.173. The van der Waals surface area contributed by atoms with E-state index in [0.717, 1.165) is 33.4 Å². The number of rotatable bonds is 4. The zero-order chi connectivity index (χ0) is 59.7. The van der Waals surface area contributed by atoms with E-state index in [2.05, 4.69) is 308 Å². The van der Waals surface area contributed by atoms with Crippen molar-refractivity contribution < 1.29 is 0 Å². The Morgan fingerprint density at radius 2 is 0.643 bits per heavy atom. The van der Waals surface area contributed by atoms with Crippen molar-refractivity contribution in [2.75, 3.05) is 0 Å². The molecule has 0 fully saturated rings. The minimum absolute atomic E-state index is 0.0283. The number of benzene rings is 9. The highest BCUT2D eigenvalue weighted by Gasteiger charge is 2.38. The second-order valence-electron chi connectivity index (χ2n) is 30.7. The Morgan fingerprint density at radius 1 is 0.310 bits per heavy atom. The van der Waals surface area contributed by atoms with E-state index >= 15 is 0 Å². The fraction of sp³-hybridized carbons (Fsp3) is 0.312. The molecular weight excluding hydrogens is 1020 g/mol. The average molecular weight is 1100 g/mol. The molecule has 12 aromatic rings. The molecule has 1 aliphatic carbocycles. The molecule has 422 valence electrons. The van der Waals surface area contributed by atoms with Crippen LogP contribution in [-0.2, 0) is 32.5 Å². The van der Waals surface area contributed by atoms with Crippen LogP contribution in [0.5, 0.6) is 0 Å². The number of nitriles is 1. The first-order valence-corrected chi connectivity index (χ1v) is 30.5. The van der Waals surface area contributed by atoms with Gasteiger partial charge in [-0.3, -0.25) is 0 Å². The molecule has 0 saturated carbocycles. The van der Waals surface area contributed by atoms with E-state index in [0.29, 0.717) is 5.56 Å². The number of hydrogen-bond acceptors (Lipinski definition) is 1. The number of hydrogen-bond donors (Lipinski definition) is 0. The first kappa shape index (κ1) is 55.1. The molecule has 4 nitrogen and oxygen atoms in total. The second-order valence-corrected chi connectivity index (χ2v) is 30.7. The Morgan fingerprint density at radius 3 is 1.02 bits per heavy atom. The molecule has 0 bridgehead atoms. The maximum atomic E-state index is 11.1. The molecule has 0 saturated heterocycles. The summed E-state index contributed by atoms with van der Waals surface area (Å²) in [4.78, 5) is 0. The van der Waals surface area contributed by atoms with E-state index in [1.807, 2.05) is 0 Å². The molecule has 0 aliphatic heterocycles. The molecule has 0 amide bonds. The van der Waals surface area contributed by atoms with E-state index in [1.165, 1.54) is 110 Å². The minimum atomic E-state index is -0.120. The molecule has 1 unspecified atom stereocenters. The Labute approximate surface area is 498 Å². The number of para-hydroxylation sites is 2. The zero-order valence-electron chi connectivity index (χ0n) is 53.0. The largest absolute Gasteiger partial charge is 0.309 e. The predicted molar refractivity (Wildman–Crippen MR) is 359 cm³/mol. The summed E-state index contributed by atoms with van der Waals surface area (Å²) in [6.07, 6.45) is 0. The van der Waals surface area contributed by atoms with Crippen molar-refractivity contribution >= 4 is 65.4 Å². The Hall–Kier alpha value is -8.13. The maximum absolute atomic E-state index is 11.1. The van der Waals surface area contributed by atoms with E-state index in [-0.39, 0.29) is 38.4 Å². The van der Waals surface area contributed by atoms with Crippen LogP contribution in [0.2, 0.25) is 0 Å². The molecule has 3 heterocycles. The smallest absolute Gasteiger partial charge is 0.0993 e. The van der Waals surface area contributed by atoms with Gasteiger partial charge in [-0.05, 0) is 173 Å². The van der Waals surface area contributed by atoms with Gasteiger partial charge >= 0.3 is 0 Å². The molecule has 3 aromatic heterocycles. The molecule has 1 atom stereocenters. The van der Waals surface area contributed by atoms with Crippen LogP contribution in [0.15, 0.2) is 164 Å². The first-order chi connectivity index (χ1) is 39.4. The van der Waals surface area contributed by atoms with Crippen LogP contribution in [0.4, 0.5) is 0 Å². The molecule has 0 N–H and O–H groups in total. The summed E-state index contributed by atoms with van der Waals surface area (Å²) < 4.78 is 7.40. The Balaban J connectivity index is 1.12. The lowest BCUT2D eigenvalue weighted by atomic mass is 9.76. The summed E-state index contributed by atoms with van der Waals surface area (Å²) >= 11 is 0. The van der Waals surface area contributed by atoms with Crippen molar-refractivity contribution in [1.29, 1.82) is 5.26 Å². The maximum Gasteiger partial charge on any atom is 0.0993 e. The lowest BCUT2D eigenvalue weighted by Crippen LogP contribution is -2.18. The molecule has 13 rings (SSSR count). The number of fused-ring (bicyclic) bond motifs is 14. The molecular formula is C80H82N4. The van der Waals surface area contributed by atoms with Crippen LogP contribution >= 0.6 is 0 Å². The summed E-state index contributed by atoms with van der Waals surface area (Å²) in [5.74, 6) is -0.120. The summed E-state index contributed by atoms with van der Waals surface area (Å²) in [7, 11) is 0. The predicted octanol–water partition coefficient (Wildman–Crippen LogP) is 21.8. The van der Waals surface area contributed by atoms with Gasteiger partial charge in [-0.15, -0.1) is 0 Å². The van der Waals surface area contributed by atoms with Gasteiger partial charge < -0.3 is 13.7 Å². The van der Waals surface area contributed by atoms with Crippen LogP contribution in [-0.4, -0.2) is 13.7 Å².